The highest BCUT2D eigenvalue weighted by Crippen LogP contribution is 2.30. The quantitative estimate of drug-likeness (QED) is 0.866. The molecule has 16 heavy (non-hydrogen) atoms. The van der Waals surface area contributed by atoms with E-state index in [1.165, 1.54) is 13.2 Å². The molecule has 0 aliphatic carbocycles. The largest absolute Gasteiger partial charge is 0.394 e. The molecule has 1 heterocycles. The van der Waals surface area contributed by atoms with Gasteiger partial charge >= 0.3 is 0 Å². The summed E-state index contributed by atoms with van der Waals surface area (Å²) in [4.78, 5) is 11.7. The predicted molar refractivity (Wildman–Crippen MR) is 64.6 cm³/mol. The number of hydrogen-bond acceptors (Lipinski definition) is 4. The number of hydrogen-bond donors (Lipinski definition) is 2. The Hall–Kier alpha value is -0.330. The number of methoxy groups -OCH3 is 1. The highest BCUT2D eigenvalue weighted by atomic mass is 35.5. The molecular formula is C9H11Cl2NO3S. The van der Waals surface area contributed by atoms with Crippen LogP contribution in [0.15, 0.2) is 6.07 Å². The Morgan fingerprint density at radius 3 is 2.81 bits per heavy atom. The summed E-state index contributed by atoms with van der Waals surface area (Å²) >= 11 is 12.7. The molecule has 4 nitrogen and oxygen atoms in total. The van der Waals surface area contributed by atoms with Crippen molar-refractivity contribution < 1.29 is 14.6 Å². The Balaban J connectivity index is 2.67. The van der Waals surface area contributed by atoms with Crippen molar-refractivity contribution in [3.63, 3.8) is 0 Å². The first-order valence-corrected chi connectivity index (χ1v) is 6.01. The summed E-state index contributed by atoms with van der Waals surface area (Å²) in [6.07, 6.45) is 0. The summed E-state index contributed by atoms with van der Waals surface area (Å²) in [5.74, 6) is -0.371. The summed E-state index contributed by atoms with van der Waals surface area (Å²) in [6, 6.07) is 1.04. The lowest BCUT2D eigenvalue weighted by Crippen LogP contribution is -2.40. The molecule has 1 atom stereocenters. The van der Waals surface area contributed by atoms with Gasteiger partial charge in [-0.2, -0.15) is 0 Å². The standard InChI is InChI=1S/C9H11Cl2NO3S/c1-15-4-5(3-13)12-9(14)6-2-7(10)16-8(6)11/h2,5,13H,3-4H2,1H3,(H,12,14). The first kappa shape index (κ1) is 13.7. The van der Waals surface area contributed by atoms with Gasteiger partial charge in [0, 0.05) is 7.11 Å². The maximum atomic E-state index is 11.7. The lowest BCUT2D eigenvalue weighted by atomic mass is 10.2. The van der Waals surface area contributed by atoms with Crippen molar-refractivity contribution in [3.05, 3.63) is 20.3 Å². The van der Waals surface area contributed by atoms with Crippen LogP contribution in [0.5, 0.6) is 0 Å². The van der Waals surface area contributed by atoms with Gasteiger partial charge in [-0.15, -0.1) is 11.3 Å². The second-order valence-electron chi connectivity index (χ2n) is 3.05. The Bertz CT molecular complexity index is 370. The van der Waals surface area contributed by atoms with E-state index >= 15 is 0 Å². The van der Waals surface area contributed by atoms with Gasteiger partial charge in [0.25, 0.3) is 5.91 Å². The highest BCUT2D eigenvalue weighted by molar-refractivity contribution is 7.20. The number of aliphatic hydroxyl groups excluding tert-OH is 1. The molecule has 1 aromatic heterocycles. The normalized spacial score (nSPS) is 12.5. The van der Waals surface area contributed by atoms with Crippen LogP contribution in [-0.4, -0.2) is 37.4 Å². The molecule has 0 aliphatic rings. The van der Waals surface area contributed by atoms with Crippen molar-refractivity contribution in [3.8, 4) is 0 Å². The fraction of sp³-hybridized carbons (Fsp3) is 0.444. The van der Waals surface area contributed by atoms with Crippen LogP contribution in [-0.2, 0) is 4.74 Å². The van der Waals surface area contributed by atoms with E-state index in [0.29, 0.717) is 14.2 Å². The molecule has 0 saturated heterocycles. The lowest BCUT2D eigenvalue weighted by molar-refractivity contribution is 0.0840. The van der Waals surface area contributed by atoms with Gasteiger partial charge in [-0.1, -0.05) is 23.2 Å². The minimum absolute atomic E-state index is 0.199. The van der Waals surface area contributed by atoms with E-state index < -0.39 is 6.04 Å². The van der Waals surface area contributed by atoms with Gasteiger partial charge in [-0.3, -0.25) is 4.79 Å². The monoisotopic (exact) mass is 283 g/mol. The van der Waals surface area contributed by atoms with E-state index in [4.69, 9.17) is 33.0 Å². The minimum atomic E-state index is -0.452. The number of nitrogens with one attached hydrogen (secondary N) is 1. The van der Waals surface area contributed by atoms with E-state index in [1.54, 1.807) is 0 Å². The topological polar surface area (TPSA) is 58.6 Å². The zero-order valence-corrected chi connectivity index (χ0v) is 10.8. The van der Waals surface area contributed by atoms with Crippen molar-refractivity contribution in [1.82, 2.24) is 5.32 Å². The third-order valence-corrected chi connectivity index (χ3v) is 3.31. The van der Waals surface area contributed by atoms with Crippen LogP contribution in [0.3, 0.4) is 0 Å². The average Bonchev–Trinajstić information content (AvgIpc) is 2.57. The molecule has 90 valence electrons. The van der Waals surface area contributed by atoms with Gasteiger partial charge in [0.2, 0.25) is 0 Å². The van der Waals surface area contributed by atoms with E-state index in [1.807, 2.05) is 0 Å². The van der Waals surface area contributed by atoms with Crippen molar-refractivity contribution in [2.75, 3.05) is 20.3 Å². The highest BCUT2D eigenvalue weighted by Gasteiger charge is 2.17. The molecule has 0 bridgehead atoms. The van der Waals surface area contributed by atoms with Crippen molar-refractivity contribution in [1.29, 1.82) is 0 Å². The minimum Gasteiger partial charge on any atom is -0.394 e. The van der Waals surface area contributed by atoms with Gasteiger partial charge in [0.1, 0.15) is 4.34 Å². The smallest absolute Gasteiger partial charge is 0.254 e. The van der Waals surface area contributed by atoms with Gasteiger partial charge < -0.3 is 15.2 Å². The Morgan fingerprint density at radius 1 is 1.69 bits per heavy atom. The number of halogens is 2. The first-order chi connectivity index (χ1) is 7.58. The molecule has 0 aromatic carbocycles. The van der Waals surface area contributed by atoms with Crippen LogP contribution in [0.25, 0.3) is 0 Å². The summed E-state index contributed by atoms with van der Waals surface area (Å²) in [6.45, 7) is 0.0345. The first-order valence-electron chi connectivity index (χ1n) is 4.44. The summed E-state index contributed by atoms with van der Waals surface area (Å²) in [5.41, 5.74) is 0.311. The van der Waals surface area contributed by atoms with Crippen LogP contribution < -0.4 is 5.32 Å². The van der Waals surface area contributed by atoms with Gasteiger partial charge in [-0.25, -0.2) is 0 Å². The predicted octanol–water partition coefficient (Wildman–Crippen LogP) is 1.79. The SMILES string of the molecule is COCC(CO)NC(=O)c1cc(Cl)sc1Cl. The third-order valence-electron chi connectivity index (χ3n) is 1.82. The number of aliphatic hydroxyl groups is 1. The number of thiophene rings is 1. The molecule has 0 radical (unpaired) electrons. The van der Waals surface area contributed by atoms with Crippen LogP contribution in [0.4, 0.5) is 0 Å². The second-order valence-corrected chi connectivity index (χ2v) is 5.33. The number of rotatable bonds is 5. The molecule has 0 aliphatic heterocycles. The number of amides is 1. The Labute approximate surface area is 107 Å². The molecule has 7 heteroatoms. The number of carbonyl (C=O) groups is 1. The van der Waals surface area contributed by atoms with Gasteiger partial charge in [0.15, 0.2) is 0 Å². The van der Waals surface area contributed by atoms with E-state index in [-0.39, 0.29) is 19.1 Å². The molecule has 0 spiro atoms. The lowest BCUT2D eigenvalue weighted by Gasteiger charge is -2.14. The second kappa shape index (κ2) is 6.42. The maximum Gasteiger partial charge on any atom is 0.254 e. The van der Waals surface area contributed by atoms with Gasteiger partial charge in [0.05, 0.1) is 29.2 Å². The molecular weight excluding hydrogens is 273 g/mol. The molecule has 1 rings (SSSR count). The number of carbonyl (C=O) groups excluding carboxylic acids is 1. The summed E-state index contributed by atoms with van der Waals surface area (Å²) < 4.78 is 5.61. The zero-order chi connectivity index (χ0) is 12.1. The molecule has 2 N–H and O–H groups in total. The zero-order valence-electron chi connectivity index (χ0n) is 8.50. The molecule has 0 fully saturated rings. The van der Waals surface area contributed by atoms with E-state index in [2.05, 4.69) is 5.32 Å². The van der Waals surface area contributed by atoms with Gasteiger partial charge in [-0.05, 0) is 6.07 Å². The third kappa shape index (κ3) is 3.61. The van der Waals surface area contributed by atoms with Crippen molar-refractivity contribution >= 4 is 40.4 Å². The Kier molecular flexibility index (Phi) is 5.51. The molecule has 1 aromatic rings. The maximum absolute atomic E-state index is 11.7. The van der Waals surface area contributed by atoms with Crippen molar-refractivity contribution in [2.24, 2.45) is 0 Å². The van der Waals surface area contributed by atoms with E-state index in [0.717, 1.165) is 11.3 Å². The van der Waals surface area contributed by atoms with E-state index in [9.17, 15) is 4.79 Å². The fourth-order valence-electron chi connectivity index (χ4n) is 1.10. The van der Waals surface area contributed by atoms with Crippen LogP contribution in [0, 0.1) is 0 Å². The van der Waals surface area contributed by atoms with Crippen molar-refractivity contribution in [2.45, 2.75) is 6.04 Å². The molecule has 0 saturated carbocycles. The van der Waals surface area contributed by atoms with Crippen LogP contribution in [0.1, 0.15) is 10.4 Å². The molecule has 1 amide bonds. The van der Waals surface area contributed by atoms with Crippen LogP contribution >= 0.6 is 34.5 Å². The summed E-state index contributed by atoms with van der Waals surface area (Å²) in [7, 11) is 1.49. The van der Waals surface area contributed by atoms with Crippen LogP contribution in [0.2, 0.25) is 8.67 Å². The number of ether oxygens (including phenoxy) is 1. The Morgan fingerprint density at radius 2 is 2.38 bits per heavy atom. The fourth-order valence-corrected chi connectivity index (χ4v) is 2.56. The molecule has 1 unspecified atom stereocenters. The summed E-state index contributed by atoms with van der Waals surface area (Å²) in [5, 5.41) is 11.6. The average molecular weight is 284 g/mol.